The van der Waals surface area contributed by atoms with Gasteiger partial charge >= 0.3 is 6.18 Å². The number of likely N-dealkylation sites (tertiary alicyclic amines) is 1. The molecule has 1 aliphatic carbocycles. The quantitative estimate of drug-likeness (QED) is 0.366. The molecular weight excluding hydrogens is 557 g/mol. The van der Waals surface area contributed by atoms with Crippen molar-refractivity contribution in [3.8, 4) is 10.4 Å². The van der Waals surface area contributed by atoms with Gasteiger partial charge in [0.05, 0.1) is 22.6 Å². The van der Waals surface area contributed by atoms with Crippen molar-refractivity contribution in [3.63, 3.8) is 0 Å². The van der Waals surface area contributed by atoms with E-state index in [9.17, 15) is 36.6 Å². The number of alkyl halides is 5. The van der Waals surface area contributed by atoms with Gasteiger partial charge < -0.3 is 20.6 Å². The Hall–Kier alpha value is -2.87. The number of carbonyl (C=O) groups is 2. The van der Waals surface area contributed by atoms with Gasteiger partial charge in [0.2, 0.25) is 0 Å². The monoisotopic (exact) mass is 589 g/mol. The highest BCUT2D eigenvalue weighted by molar-refractivity contribution is 7.17. The van der Waals surface area contributed by atoms with E-state index in [0.29, 0.717) is 17.3 Å². The normalized spacial score (nSPS) is 20.2. The van der Waals surface area contributed by atoms with Crippen molar-refractivity contribution in [2.45, 2.75) is 83.2 Å². The van der Waals surface area contributed by atoms with Gasteiger partial charge in [-0.3, -0.25) is 9.59 Å². The zero-order chi connectivity index (χ0) is 29.6. The summed E-state index contributed by atoms with van der Waals surface area (Å²) in [5.74, 6) is -4.68. The van der Waals surface area contributed by atoms with E-state index in [1.165, 1.54) is 20.8 Å². The van der Waals surface area contributed by atoms with Gasteiger partial charge in [-0.05, 0) is 52.5 Å². The smallest absolute Gasteiger partial charge is 0.389 e. The van der Waals surface area contributed by atoms with Gasteiger partial charge in [-0.2, -0.15) is 13.2 Å². The minimum absolute atomic E-state index is 0.00354. The Balaban J connectivity index is 1.77. The van der Waals surface area contributed by atoms with Crippen molar-refractivity contribution in [2.75, 3.05) is 18.4 Å². The predicted octanol–water partition coefficient (Wildman–Crippen LogP) is 5.19. The first-order valence-corrected chi connectivity index (χ1v) is 13.8. The molecule has 4 rings (SSSR count). The van der Waals surface area contributed by atoms with E-state index >= 15 is 0 Å². The molecule has 14 heteroatoms. The van der Waals surface area contributed by atoms with Crippen LogP contribution in [-0.4, -0.2) is 68.5 Å². The fraction of sp³-hybridized carbons (Fsp3) is 0.615. The zero-order valence-corrected chi connectivity index (χ0v) is 23.3. The fourth-order valence-electron chi connectivity index (χ4n) is 4.78. The largest absolute Gasteiger partial charge is 0.417 e. The fourth-order valence-corrected chi connectivity index (χ4v) is 5.78. The number of hydrogen-bond acceptors (Lipinski definition) is 7. The van der Waals surface area contributed by atoms with E-state index in [2.05, 4.69) is 20.6 Å². The van der Waals surface area contributed by atoms with E-state index in [1.807, 2.05) is 6.92 Å². The molecular formula is C26H32F5N5O3S. The summed E-state index contributed by atoms with van der Waals surface area (Å²) in [6, 6.07) is -0.151. The van der Waals surface area contributed by atoms with Crippen LogP contribution in [0, 0.1) is 5.92 Å². The van der Waals surface area contributed by atoms with Gasteiger partial charge in [0, 0.05) is 36.8 Å². The molecule has 3 N–H and O–H groups in total. The SMILES string of the molecule is CC(Nc1cc(C(F)(F)F)c(-c2sc(C(=O)NCC(C)(C)O)nc2C(=O)N2CC(F)(F)C[C@@H]2C)cn1)C1CCC1. The van der Waals surface area contributed by atoms with Crippen molar-refractivity contribution < 1.29 is 36.6 Å². The van der Waals surface area contributed by atoms with Gasteiger partial charge in [0.25, 0.3) is 17.7 Å². The second-order valence-corrected chi connectivity index (χ2v) is 12.3. The van der Waals surface area contributed by atoms with Crippen molar-refractivity contribution in [3.05, 3.63) is 28.5 Å². The lowest BCUT2D eigenvalue weighted by atomic mass is 9.80. The maximum absolute atomic E-state index is 14.3. The number of nitrogens with one attached hydrogen (secondary N) is 2. The van der Waals surface area contributed by atoms with Crippen LogP contribution in [0.1, 0.15) is 79.2 Å². The van der Waals surface area contributed by atoms with Crippen LogP contribution in [0.5, 0.6) is 0 Å². The molecule has 1 saturated heterocycles. The van der Waals surface area contributed by atoms with E-state index < -0.39 is 65.3 Å². The molecule has 220 valence electrons. The third-order valence-electron chi connectivity index (χ3n) is 7.18. The summed E-state index contributed by atoms with van der Waals surface area (Å²) < 4.78 is 71.1. The minimum atomic E-state index is -4.87. The third kappa shape index (κ3) is 6.70. The first-order chi connectivity index (χ1) is 18.4. The van der Waals surface area contributed by atoms with Gasteiger partial charge in [0.15, 0.2) is 5.01 Å². The third-order valence-corrected chi connectivity index (χ3v) is 8.27. The summed E-state index contributed by atoms with van der Waals surface area (Å²) in [4.78, 5) is 35.0. The predicted molar refractivity (Wildman–Crippen MR) is 139 cm³/mol. The summed E-state index contributed by atoms with van der Waals surface area (Å²) >= 11 is 0.527. The molecule has 8 nitrogen and oxygen atoms in total. The second kappa shape index (κ2) is 10.8. The summed E-state index contributed by atoms with van der Waals surface area (Å²) in [5, 5.41) is 15.0. The highest BCUT2D eigenvalue weighted by atomic mass is 32.1. The number of aliphatic hydroxyl groups is 1. The molecule has 2 fully saturated rings. The van der Waals surface area contributed by atoms with Gasteiger partial charge in [-0.15, -0.1) is 11.3 Å². The Morgan fingerprint density at radius 2 is 1.95 bits per heavy atom. The van der Waals surface area contributed by atoms with Crippen LogP contribution < -0.4 is 10.6 Å². The number of carbonyl (C=O) groups excluding carboxylic acids is 2. The summed E-state index contributed by atoms with van der Waals surface area (Å²) in [5.41, 5.74) is -3.43. The molecule has 2 atom stereocenters. The molecule has 1 unspecified atom stereocenters. The average Bonchev–Trinajstić information content (AvgIpc) is 3.35. The maximum atomic E-state index is 14.3. The van der Waals surface area contributed by atoms with Crippen molar-refractivity contribution >= 4 is 29.0 Å². The van der Waals surface area contributed by atoms with Gasteiger partial charge in [-0.25, -0.2) is 18.7 Å². The Bertz CT molecular complexity index is 1270. The van der Waals surface area contributed by atoms with E-state index in [0.717, 1.165) is 36.4 Å². The summed E-state index contributed by atoms with van der Waals surface area (Å²) in [7, 11) is 0. The lowest BCUT2D eigenvalue weighted by Gasteiger charge is -2.32. The number of aromatic nitrogens is 2. The number of pyridine rings is 1. The van der Waals surface area contributed by atoms with Crippen LogP contribution in [0.25, 0.3) is 10.4 Å². The van der Waals surface area contributed by atoms with Gasteiger partial charge in [-0.1, -0.05) is 6.42 Å². The standard InChI is InChI=1S/C26H32F5N5O3S/c1-13-9-25(27,28)12-36(13)23(38)19-20(40-22(35-19)21(37)33-11-24(3,4)39)16-10-32-18(8-17(16)26(29,30)31)34-14(2)15-6-5-7-15/h8,10,13-15,39H,5-7,9,11-12H2,1-4H3,(H,32,34)(H,33,37)/t13-,14?/m0/s1. The minimum Gasteiger partial charge on any atom is -0.389 e. The van der Waals surface area contributed by atoms with Crippen LogP contribution in [0.15, 0.2) is 12.3 Å². The lowest BCUT2D eigenvalue weighted by molar-refractivity contribution is -0.137. The Morgan fingerprint density at radius 1 is 1.27 bits per heavy atom. The Labute approximate surface area is 232 Å². The molecule has 2 aliphatic rings. The highest BCUT2D eigenvalue weighted by Crippen LogP contribution is 2.43. The van der Waals surface area contributed by atoms with E-state index in [4.69, 9.17) is 0 Å². The molecule has 1 aliphatic heterocycles. The van der Waals surface area contributed by atoms with Crippen molar-refractivity contribution in [1.29, 1.82) is 0 Å². The molecule has 1 saturated carbocycles. The van der Waals surface area contributed by atoms with Crippen molar-refractivity contribution in [2.24, 2.45) is 5.92 Å². The van der Waals surface area contributed by atoms with Gasteiger partial charge in [0.1, 0.15) is 11.5 Å². The number of halogens is 5. The number of thiazole rings is 1. The van der Waals surface area contributed by atoms with Crippen LogP contribution in [0.4, 0.5) is 27.8 Å². The molecule has 0 aromatic carbocycles. The molecule has 3 heterocycles. The molecule has 0 radical (unpaired) electrons. The number of amides is 2. The second-order valence-electron chi connectivity index (χ2n) is 11.3. The molecule has 0 spiro atoms. The first-order valence-electron chi connectivity index (χ1n) is 13.0. The molecule has 2 aromatic heterocycles. The highest BCUT2D eigenvalue weighted by Gasteiger charge is 2.46. The maximum Gasteiger partial charge on any atom is 0.417 e. The Kier molecular flexibility index (Phi) is 8.16. The topological polar surface area (TPSA) is 107 Å². The number of hydrogen-bond donors (Lipinski definition) is 3. The van der Waals surface area contributed by atoms with E-state index in [1.54, 1.807) is 0 Å². The molecule has 40 heavy (non-hydrogen) atoms. The average molecular weight is 590 g/mol. The van der Waals surface area contributed by atoms with E-state index in [-0.39, 0.29) is 28.3 Å². The van der Waals surface area contributed by atoms with Crippen LogP contribution in [-0.2, 0) is 6.18 Å². The number of rotatable bonds is 8. The Morgan fingerprint density at radius 3 is 2.48 bits per heavy atom. The first kappa shape index (κ1) is 30.1. The van der Waals surface area contributed by atoms with Crippen LogP contribution in [0.3, 0.4) is 0 Å². The molecule has 2 aromatic rings. The van der Waals surface area contributed by atoms with Crippen LogP contribution >= 0.6 is 11.3 Å². The zero-order valence-electron chi connectivity index (χ0n) is 22.5. The molecule has 2 amide bonds. The lowest BCUT2D eigenvalue weighted by Crippen LogP contribution is -2.38. The van der Waals surface area contributed by atoms with Crippen molar-refractivity contribution in [1.82, 2.24) is 20.2 Å². The summed E-state index contributed by atoms with van der Waals surface area (Å²) in [6.07, 6.45) is -1.51. The molecule has 0 bridgehead atoms. The van der Waals surface area contributed by atoms with Crippen LogP contribution in [0.2, 0.25) is 0 Å². The number of anilines is 1. The number of nitrogens with zero attached hydrogens (tertiary/aromatic N) is 3. The summed E-state index contributed by atoms with van der Waals surface area (Å²) in [6.45, 7) is 5.04.